The number of nitrogens with zero attached hydrogens (tertiary/aromatic N) is 3. The number of rotatable bonds is 1. The van der Waals surface area contributed by atoms with E-state index in [0.717, 1.165) is 11.9 Å². The van der Waals surface area contributed by atoms with Crippen LogP contribution in [0, 0.1) is 12.3 Å². The Kier molecular flexibility index (Phi) is 2.15. The number of hydrogen-bond donors (Lipinski definition) is 1. The van der Waals surface area contributed by atoms with Gasteiger partial charge >= 0.3 is 0 Å². The lowest BCUT2D eigenvalue weighted by atomic mass is 10.4. The van der Waals surface area contributed by atoms with Crippen LogP contribution in [0.2, 0.25) is 0 Å². The van der Waals surface area contributed by atoms with Gasteiger partial charge in [-0.2, -0.15) is 0 Å². The van der Waals surface area contributed by atoms with Crippen molar-refractivity contribution >= 4 is 6.34 Å². The van der Waals surface area contributed by atoms with E-state index in [0.29, 0.717) is 5.62 Å². The highest BCUT2D eigenvalue weighted by Crippen LogP contribution is 1.85. The molecule has 0 aliphatic rings. The van der Waals surface area contributed by atoms with Crippen LogP contribution in [0.25, 0.3) is 0 Å². The average molecular weight is 150 g/mol. The molecular weight excluding hydrogens is 140 g/mol. The Bertz CT molecular complexity index is 323. The lowest BCUT2D eigenvalue weighted by molar-refractivity contribution is 0.778. The van der Waals surface area contributed by atoms with Gasteiger partial charge in [-0.25, -0.2) is 9.98 Å². The molecule has 0 radical (unpaired) electrons. The van der Waals surface area contributed by atoms with Crippen LogP contribution in [0.1, 0.15) is 5.56 Å². The topological polar surface area (TPSA) is 54.0 Å². The summed E-state index contributed by atoms with van der Waals surface area (Å²) < 4.78 is 1.78. The van der Waals surface area contributed by atoms with Crippen molar-refractivity contribution in [2.45, 2.75) is 6.92 Å². The molecule has 4 heteroatoms. The first-order valence-corrected chi connectivity index (χ1v) is 3.26. The quantitative estimate of drug-likeness (QED) is 0.452. The summed E-state index contributed by atoms with van der Waals surface area (Å²) in [5.41, 5.74) is 1.63. The van der Waals surface area contributed by atoms with Crippen LogP contribution >= 0.6 is 0 Å². The maximum absolute atomic E-state index is 6.75. The molecule has 4 nitrogen and oxygen atoms in total. The van der Waals surface area contributed by atoms with E-state index in [9.17, 15) is 0 Å². The standard InChI is InChI=1S/C7H10N4/c1-6-3-9-7(10-5-8)11(2)4-6/h3-5,8H,1-2H3/b8-5?,10-7-. The van der Waals surface area contributed by atoms with E-state index < -0.39 is 0 Å². The van der Waals surface area contributed by atoms with E-state index in [4.69, 9.17) is 5.41 Å². The smallest absolute Gasteiger partial charge is 0.230 e. The molecular formula is C7H10N4. The Labute approximate surface area is 64.8 Å². The molecule has 1 rings (SSSR count). The van der Waals surface area contributed by atoms with E-state index in [1.807, 2.05) is 20.2 Å². The number of hydrogen-bond acceptors (Lipinski definition) is 2. The number of aryl methyl sites for hydroxylation is 2. The molecule has 0 saturated carbocycles. The Hall–Kier alpha value is -1.45. The molecule has 0 amide bonds. The summed E-state index contributed by atoms with van der Waals surface area (Å²) in [7, 11) is 1.85. The molecule has 0 aliphatic carbocycles. The fraction of sp³-hybridized carbons (Fsp3) is 0.286. The molecule has 0 fully saturated rings. The van der Waals surface area contributed by atoms with Crippen molar-refractivity contribution in [3.63, 3.8) is 0 Å². The van der Waals surface area contributed by atoms with E-state index in [1.54, 1.807) is 10.8 Å². The summed E-state index contributed by atoms with van der Waals surface area (Å²) in [4.78, 5) is 7.75. The second-order valence-electron chi connectivity index (χ2n) is 2.30. The number of aromatic nitrogens is 2. The second kappa shape index (κ2) is 3.09. The van der Waals surface area contributed by atoms with Crippen molar-refractivity contribution in [3.05, 3.63) is 23.6 Å². The zero-order valence-electron chi connectivity index (χ0n) is 6.57. The highest BCUT2D eigenvalue weighted by Gasteiger charge is 1.87. The fourth-order valence-electron chi connectivity index (χ4n) is 0.829. The molecule has 0 unspecified atom stereocenters. The third kappa shape index (κ3) is 1.73. The van der Waals surface area contributed by atoms with Gasteiger partial charge in [-0.1, -0.05) is 0 Å². The molecule has 1 aromatic rings. The summed E-state index contributed by atoms with van der Waals surface area (Å²) in [6, 6.07) is 0. The Morgan fingerprint density at radius 3 is 3.00 bits per heavy atom. The molecule has 1 N–H and O–H groups in total. The summed E-state index contributed by atoms with van der Waals surface area (Å²) in [6.45, 7) is 1.96. The molecule has 0 bridgehead atoms. The summed E-state index contributed by atoms with van der Waals surface area (Å²) >= 11 is 0. The average Bonchev–Trinajstić information content (AvgIpc) is 1.95. The van der Waals surface area contributed by atoms with Crippen molar-refractivity contribution in [2.24, 2.45) is 12.0 Å². The van der Waals surface area contributed by atoms with Gasteiger partial charge in [0.2, 0.25) is 5.62 Å². The minimum absolute atomic E-state index is 0.547. The van der Waals surface area contributed by atoms with Crippen molar-refractivity contribution < 1.29 is 0 Å². The monoisotopic (exact) mass is 150 g/mol. The number of nitrogens with one attached hydrogen (secondary N) is 1. The summed E-state index contributed by atoms with van der Waals surface area (Å²) in [5.74, 6) is 0. The predicted octanol–water partition coefficient (Wildman–Crippen LogP) is 0.236. The molecule has 0 aliphatic heterocycles. The molecule has 0 aromatic carbocycles. The molecule has 11 heavy (non-hydrogen) atoms. The van der Waals surface area contributed by atoms with Gasteiger partial charge in [0, 0.05) is 19.4 Å². The normalized spacial score (nSPS) is 11.6. The van der Waals surface area contributed by atoms with Crippen LogP contribution in [0.15, 0.2) is 17.4 Å². The van der Waals surface area contributed by atoms with Gasteiger partial charge in [-0.3, -0.25) is 5.41 Å². The van der Waals surface area contributed by atoms with Crippen molar-refractivity contribution in [2.75, 3.05) is 0 Å². The SMILES string of the molecule is Cc1cn/c(=N/C=N)n(C)c1. The molecule has 0 spiro atoms. The Morgan fingerprint density at radius 2 is 2.45 bits per heavy atom. The Morgan fingerprint density at radius 1 is 1.73 bits per heavy atom. The minimum Gasteiger partial charge on any atom is -0.320 e. The van der Waals surface area contributed by atoms with Crippen LogP contribution in [0.4, 0.5) is 0 Å². The minimum atomic E-state index is 0.547. The molecule has 58 valence electrons. The van der Waals surface area contributed by atoms with E-state index in [2.05, 4.69) is 9.98 Å². The van der Waals surface area contributed by atoms with Gasteiger partial charge in [-0.15, -0.1) is 0 Å². The van der Waals surface area contributed by atoms with Gasteiger partial charge in [0.1, 0.15) is 6.34 Å². The maximum atomic E-state index is 6.75. The third-order valence-corrected chi connectivity index (χ3v) is 1.28. The molecule has 1 aromatic heterocycles. The third-order valence-electron chi connectivity index (χ3n) is 1.28. The molecule has 1 heterocycles. The van der Waals surface area contributed by atoms with Gasteiger partial charge in [0.05, 0.1) is 0 Å². The van der Waals surface area contributed by atoms with E-state index in [1.165, 1.54) is 0 Å². The van der Waals surface area contributed by atoms with Gasteiger partial charge < -0.3 is 4.57 Å². The zero-order chi connectivity index (χ0) is 8.27. The van der Waals surface area contributed by atoms with Gasteiger partial charge in [-0.05, 0) is 12.5 Å². The summed E-state index contributed by atoms with van der Waals surface area (Å²) in [6.07, 6.45) is 4.62. The first kappa shape index (κ1) is 7.65. The van der Waals surface area contributed by atoms with Crippen molar-refractivity contribution in [3.8, 4) is 0 Å². The van der Waals surface area contributed by atoms with Crippen molar-refractivity contribution in [1.82, 2.24) is 9.55 Å². The largest absolute Gasteiger partial charge is 0.320 e. The van der Waals surface area contributed by atoms with Crippen LogP contribution in [0.3, 0.4) is 0 Å². The van der Waals surface area contributed by atoms with Gasteiger partial charge in [0.25, 0.3) is 0 Å². The van der Waals surface area contributed by atoms with Crippen LogP contribution in [0.5, 0.6) is 0 Å². The van der Waals surface area contributed by atoms with Gasteiger partial charge in [0.15, 0.2) is 0 Å². The summed E-state index contributed by atoms with van der Waals surface area (Å²) in [5, 5.41) is 6.75. The lowest BCUT2D eigenvalue weighted by Crippen LogP contribution is -2.21. The fourth-order valence-corrected chi connectivity index (χ4v) is 0.829. The molecule has 0 saturated heterocycles. The van der Waals surface area contributed by atoms with E-state index in [-0.39, 0.29) is 0 Å². The predicted molar refractivity (Wildman–Crippen MR) is 42.3 cm³/mol. The van der Waals surface area contributed by atoms with E-state index >= 15 is 0 Å². The maximum Gasteiger partial charge on any atom is 0.230 e. The van der Waals surface area contributed by atoms with Crippen LogP contribution in [-0.4, -0.2) is 15.9 Å². The highest BCUT2D eigenvalue weighted by molar-refractivity contribution is 5.50. The van der Waals surface area contributed by atoms with Crippen LogP contribution in [-0.2, 0) is 7.05 Å². The Balaban J connectivity index is 3.30. The zero-order valence-corrected chi connectivity index (χ0v) is 6.57. The first-order valence-electron chi connectivity index (χ1n) is 3.26. The van der Waals surface area contributed by atoms with Crippen molar-refractivity contribution in [1.29, 1.82) is 5.41 Å². The second-order valence-corrected chi connectivity index (χ2v) is 2.30. The lowest BCUT2D eigenvalue weighted by Gasteiger charge is -1.97. The first-order chi connectivity index (χ1) is 5.24. The highest BCUT2D eigenvalue weighted by atomic mass is 15.1. The molecule has 0 atom stereocenters. The van der Waals surface area contributed by atoms with Crippen LogP contribution < -0.4 is 5.62 Å².